The van der Waals surface area contributed by atoms with Crippen LogP contribution in [0.5, 0.6) is 23.0 Å². The monoisotopic (exact) mass is 889 g/mol. The number of ether oxygens (including phenoxy) is 1. The third kappa shape index (κ3) is 12.2. The minimum absolute atomic E-state index is 0.0617. The zero-order chi connectivity index (χ0) is 46.8. The highest BCUT2D eigenvalue weighted by Crippen LogP contribution is 2.29. The zero-order valence-electron chi connectivity index (χ0n) is 35.0. The van der Waals surface area contributed by atoms with E-state index < -0.39 is 107 Å². The molecule has 2 heterocycles. The summed E-state index contributed by atoms with van der Waals surface area (Å²) in [7, 11) is 0. The molecular formula is C46H47N7O12. The van der Waals surface area contributed by atoms with Gasteiger partial charge in [-0.3, -0.25) is 28.8 Å². The summed E-state index contributed by atoms with van der Waals surface area (Å²) in [5.74, 6) is -8.93. The number of benzene rings is 4. The molecule has 1 aliphatic heterocycles. The summed E-state index contributed by atoms with van der Waals surface area (Å²) in [6.07, 6.45) is -0.311. The first-order chi connectivity index (χ1) is 31.0. The van der Waals surface area contributed by atoms with Crippen molar-refractivity contribution >= 4 is 41.4 Å². The lowest BCUT2D eigenvalue weighted by atomic mass is 10.0. The lowest BCUT2D eigenvalue weighted by Crippen LogP contribution is -2.62. The first-order valence-electron chi connectivity index (χ1n) is 20.3. The molecule has 19 nitrogen and oxygen atoms in total. The highest BCUT2D eigenvalue weighted by atomic mass is 16.5. The highest BCUT2D eigenvalue weighted by molar-refractivity contribution is 5.99. The van der Waals surface area contributed by atoms with Gasteiger partial charge in [0.2, 0.25) is 29.5 Å². The van der Waals surface area contributed by atoms with Crippen molar-refractivity contribution in [1.82, 2.24) is 36.9 Å². The van der Waals surface area contributed by atoms with Gasteiger partial charge in [0.15, 0.2) is 6.04 Å². The van der Waals surface area contributed by atoms with E-state index in [2.05, 4.69) is 36.9 Å². The van der Waals surface area contributed by atoms with Crippen LogP contribution in [0.25, 0.3) is 0 Å². The van der Waals surface area contributed by atoms with E-state index in [1.807, 2.05) is 0 Å². The predicted octanol–water partition coefficient (Wildman–Crippen LogP) is 1.56. The number of rotatable bonds is 10. The lowest BCUT2D eigenvalue weighted by Gasteiger charge is -2.31. The Kier molecular flexibility index (Phi) is 14.7. The summed E-state index contributed by atoms with van der Waals surface area (Å²) in [6, 6.07) is 16.7. The molecular weight excluding hydrogens is 843 g/mol. The van der Waals surface area contributed by atoms with Crippen molar-refractivity contribution in [2.75, 3.05) is 0 Å². The van der Waals surface area contributed by atoms with Crippen LogP contribution in [0.2, 0.25) is 0 Å². The van der Waals surface area contributed by atoms with E-state index in [0.717, 1.165) is 36.4 Å². The van der Waals surface area contributed by atoms with Crippen molar-refractivity contribution in [2.24, 2.45) is 0 Å². The Bertz CT molecular complexity index is 2500. The first-order valence-corrected chi connectivity index (χ1v) is 20.3. The molecule has 65 heavy (non-hydrogen) atoms. The van der Waals surface area contributed by atoms with Gasteiger partial charge >= 0.3 is 5.97 Å². The molecule has 1 aromatic heterocycles. The van der Waals surface area contributed by atoms with Crippen LogP contribution < -0.4 is 31.9 Å². The van der Waals surface area contributed by atoms with Gasteiger partial charge in [-0.05, 0) is 72.5 Å². The third-order valence-corrected chi connectivity index (χ3v) is 10.4. The fourth-order valence-electron chi connectivity index (χ4n) is 7.08. The molecule has 1 saturated heterocycles. The second-order valence-electron chi connectivity index (χ2n) is 15.4. The molecule has 19 heteroatoms. The molecule has 0 radical (unpaired) electrons. The van der Waals surface area contributed by atoms with Crippen LogP contribution in [-0.4, -0.2) is 97.1 Å². The van der Waals surface area contributed by atoms with Gasteiger partial charge in [-0.2, -0.15) is 0 Å². The van der Waals surface area contributed by atoms with E-state index in [9.17, 15) is 54.0 Å². The number of nitrogens with one attached hydrogen (secondary N) is 7. The maximum Gasteiger partial charge on any atom is 0.333 e. The summed E-state index contributed by atoms with van der Waals surface area (Å²) in [6.45, 7) is 2.54. The topological polar surface area (TPSA) is 298 Å². The van der Waals surface area contributed by atoms with Crippen LogP contribution in [0.4, 0.5) is 0 Å². The number of aromatic amines is 1. The van der Waals surface area contributed by atoms with E-state index in [4.69, 9.17) is 4.74 Å². The number of amides is 6. The van der Waals surface area contributed by atoms with Crippen molar-refractivity contribution in [3.63, 3.8) is 0 Å². The van der Waals surface area contributed by atoms with Gasteiger partial charge in [-0.1, -0.05) is 60.7 Å². The van der Waals surface area contributed by atoms with Crippen LogP contribution >= 0.6 is 0 Å². The average Bonchev–Trinajstić information content (AvgIpc) is 3.81. The minimum Gasteiger partial charge on any atom is -0.508 e. The molecule has 5 aromatic rings. The van der Waals surface area contributed by atoms with Gasteiger partial charge < -0.3 is 62.0 Å². The number of cyclic esters (lactones) is 1. The van der Waals surface area contributed by atoms with Crippen LogP contribution in [0.15, 0.2) is 115 Å². The average molecular weight is 890 g/mol. The molecule has 1 fully saturated rings. The lowest BCUT2D eigenvalue weighted by molar-refractivity contribution is -0.156. The van der Waals surface area contributed by atoms with E-state index in [-0.39, 0.29) is 29.7 Å². The number of H-pyrrole nitrogens is 1. The summed E-state index contributed by atoms with van der Waals surface area (Å²) < 4.78 is 5.81. The minimum atomic E-state index is -1.91. The summed E-state index contributed by atoms with van der Waals surface area (Å²) in [5.41, 5.74) is 0.935. The van der Waals surface area contributed by atoms with Gasteiger partial charge in [0.1, 0.15) is 65.0 Å². The Hall–Kier alpha value is -8.35. The first kappa shape index (κ1) is 46.2. The van der Waals surface area contributed by atoms with Crippen LogP contribution in [0, 0.1) is 0 Å². The maximum atomic E-state index is 14.5. The normalized spacial score (nSPS) is 21.4. The van der Waals surface area contributed by atoms with E-state index in [1.54, 1.807) is 66.7 Å². The Labute approximate surface area is 371 Å². The van der Waals surface area contributed by atoms with Crippen LogP contribution in [-0.2, 0) is 46.3 Å². The number of carbonyl (C=O) groups is 7. The molecule has 11 N–H and O–H groups in total. The number of aromatic hydroxyl groups is 4. The summed E-state index contributed by atoms with van der Waals surface area (Å²) in [5, 5.41) is 56.8. The van der Waals surface area contributed by atoms with Crippen molar-refractivity contribution in [3.05, 3.63) is 143 Å². The van der Waals surface area contributed by atoms with E-state index >= 15 is 0 Å². The Morgan fingerprint density at radius 2 is 1.18 bits per heavy atom. The fourth-order valence-corrected chi connectivity index (χ4v) is 7.08. The molecule has 0 aliphatic carbocycles. The number of hydrogen-bond acceptors (Lipinski definition) is 12. The maximum absolute atomic E-state index is 14.5. The molecule has 6 rings (SSSR count). The van der Waals surface area contributed by atoms with Crippen molar-refractivity contribution in [1.29, 1.82) is 0 Å². The molecule has 338 valence electrons. The van der Waals surface area contributed by atoms with Gasteiger partial charge in [0.05, 0.1) is 0 Å². The molecule has 0 saturated carbocycles. The molecule has 0 spiro atoms. The van der Waals surface area contributed by atoms with Crippen molar-refractivity contribution in [3.8, 4) is 23.0 Å². The predicted molar refractivity (Wildman–Crippen MR) is 231 cm³/mol. The van der Waals surface area contributed by atoms with E-state index in [0.29, 0.717) is 11.1 Å². The molecule has 4 aromatic carbocycles. The Morgan fingerprint density at radius 1 is 0.631 bits per heavy atom. The Morgan fingerprint density at radius 3 is 1.75 bits per heavy atom. The Balaban J connectivity index is 1.43. The van der Waals surface area contributed by atoms with Crippen LogP contribution in [0.1, 0.15) is 58.7 Å². The number of aromatic nitrogens is 1. The number of esters is 1. The van der Waals surface area contributed by atoms with Gasteiger partial charge in [-0.15, -0.1) is 0 Å². The second-order valence-corrected chi connectivity index (χ2v) is 15.4. The molecule has 0 unspecified atom stereocenters. The quantitative estimate of drug-likeness (QED) is 0.0891. The molecule has 0 bridgehead atoms. The number of phenolic OH excluding ortho intramolecular Hbond substituents is 4. The van der Waals surface area contributed by atoms with Crippen LogP contribution in [0.3, 0.4) is 0 Å². The van der Waals surface area contributed by atoms with E-state index in [1.165, 1.54) is 26.1 Å². The van der Waals surface area contributed by atoms with Crippen molar-refractivity contribution < 1.29 is 58.7 Å². The standard InChI is InChI=1S/C46H47N7O12/c1-24-40(58)52-38(28-18-30(54)22-31(55)19-28)45(63)53-39(29-20-32(56)23-33(57)21-29)46(64)65-25(2)37(44(62)50-35(42(60)48-24)16-26-10-5-3-6-11-26)51-43(61)36(17-27-12-7-4-8-13-27)49-41(59)34-14-9-15-47-34/h3-15,18-25,35-39,47,54-57H,16-17H2,1-2H3,(H,48,60)(H,49,59)(H,50,62)(H,51,61)(H,52,58)(H,53,63)/t24-,25-,35-,36+,37-,38-,39-/m1/s1. The smallest absolute Gasteiger partial charge is 0.333 e. The SMILES string of the molecule is C[C@H]1NC(=O)[C@@H](Cc2ccccc2)NC(=O)[C@H](NC(=O)[C@H](Cc2ccccc2)NC(=O)c2ccc[nH]2)[C@@H](C)OC(=O)[C@@H](c2cc(O)cc(O)c2)NC(=O)[C@@H](c2cc(O)cc(O)c2)NC1=O. The summed E-state index contributed by atoms with van der Waals surface area (Å²) >= 11 is 0. The number of hydrogen-bond donors (Lipinski definition) is 11. The van der Waals surface area contributed by atoms with Gasteiger partial charge in [0.25, 0.3) is 5.91 Å². The number of phenols is 4. The van der Waals surface area contributed by atoms with Gasteiger partial charge in [-0.25, -0.2) is 4.79 Å². The molecule has 6 amide bonds. The van der Waals surface area contributed by atoms with Crippen molar-refractivity contribution in [2.45, 2.75) is 69.0 Å². The molecule has 1 aliphatic rings. The second kappa shape index (κ2) is 20.7. The highest BCUT2D eigenvalue weighted by Gasteiger charge is 2.39. The van der Waals surface area contributed by atoms with Gasteiger partial charge in [0, 0.05) is 31.2 Å². The summed E-state index contributed by atoms with van der Waals surface area (Å²) in [4.78, 5) is 101. The number of carbonyl (C=O) groups excluding carboxylic acids is 7. The fraction of sp³-hybridized carbons (Fsp3) is 0.239. The zero-order valence-corrected chi connectivity index (χ0v) is 35.0. The largest absolute Gasteiger partial charge is 0.508 e. The molecule has 7 atom stereocenters. The third-order valence-electron chi connectivity index (χ3n) is 10.4.